The molecular formula is C19H22N4. The third-order valence-electron chi connectivity index (χ3n) is 4.28. The SMILES string of the molecule is N#Cc1ccc(CN2CCCN(Cc3ccccn3)CC2)cc1. The fraction of sp³-hybridized carbons (Fsp3) is 0.368. The summed E-state index contributed by atoms with van der Waals surface area (Å²) in [5.74, 6) is 0. The minimum absolute atomic E-state index is 0.728. The molecule has 0 unspecified atom stereocenters. The van der Waals surface area contributed by atoms with E-state index in [1.54, 1.807) is 0 Å². The lowest BCUT2D eigenvalue weighted by atomic mass is 10.1. The number of benzene rings is 1. The van der Waals surface area contributed by atoms with Gasteiger partial charge in [0.15, 0.2) is 0 Å². The van der Waals surface area contributed by atoms with Crippen LogP contribution in [0, 0.1) is 11.3 Å². The Morgan fingerprint density at radius 1 is 0.913 bits per heavy atom. The van der Waals surface area contributed by atoms with Crippen LogP contribution in [0.2, 0.25) is 0 Å². The highest BCUT2D eigenvalue weighted by atomic mass is 15.2. The first-order valence-corrected chi connectivity index (χ1v) is 8.17. The van der Waals surface area contributed by atoms with Crippen molar-refractivity contribution in [3.63, 3.8) is 0 Å². The Kier molecular flexibility index (Phi) is 5.36. The molecule has 0 saturated carbocycles. The average molecular weight is 306 g/mol. The standard InChI is InChI=1S/C19H22N4/c20-14-17-5-7-18(8-6-17)15-22-10-3-11-23(13-12-22)16-19-4-1-2-9-21-19/h1-2,4-9H,3,10-13,15-16H2. The van der Waals surface area contributed by atoms with Crippen LogP contribution in [-0.4, -0.2) is 41.0 Å². The first-order chi connectivity index (χ1) is 11.3. The molecular weight excluding hydrogens is 284 g/mol. The molecule has 23 heavy (non-hydrogen) atoms. The van der Waals surface area contributed by atoms with Gasteiger partial charge in [-0.25, -0.2) is 0 Å². The first-order valence-electron chi connectivity index (χ1n) is 8.17. The highest BCUT2D eigenvalue weighted by Gasteiger charge is 2.15. The summed E-state index contributed by atoms with van der Waals surface area (Å²) in [7, 11) is 0. The molecule has 118 valence electrons. The molecule has 1 aromatic carbocycles. The van der Waals surface area contributed by atoms with Crippen molar-refractivity contribution in [2.75, 3.05) is 26.2 Å². The molecule has 0 amide bonds. The van der Waals surface area contributed by atoms with Gasteiger partial charge in [0, 0.05) is 32.4 Å². The number of rotatable bonds is 4. The summed E-state index contributed by atoms with van der Waals surface area (Å²) in [4.78, 5) is 9.41. The largest absolute Gasteiger partial charge is 0.298 e. The van der Waals surface area contributed by atoms with Crippen LogP contribution in [0.5, 0.6) is 0 Å². The van der Waals surface area contributed by atoms with Gasteiger partial charge in [0.05, 0.1) is 17.3 Å². The molecule has 0 radical (unpaired) electrons. The van der Waals surface area contributed by atoms with E-state index in [-0.39, 0.29) is 0 Å². The third-order valence-corrected chi connectivity index (χ3v) is 4.28. The normalized spacial score (nSPS) is 16.7. The Balaban J connectivity index is 1.52. The van der Waals surface area contributed by atoms with Crippen molar-refractivity contribution in [1.82, 2.24) is 14.8 Å². The monoisotopic (exact) mass is 306 g/mol. The Morgan fingerprint density at radius 3 is 2.30 bits per heavy atom. The minimum atomic E-state index is 0.728. The Labute approximate surface area is 138 Å². The second-order valence-corrected chi connectivity index (χ2v) is 6.04. The van der Waals surface area contributed by atoms with Gasteiger partial charge >= 0.3 is 0 Å². The van der Waals surface area contributed by atoms with Gasteiger partial charge in [-0.1, -0.05) is 18.2 Å². The van der Waals surface area contributed by atoms with E-state index in [2.05, 4.69) is 45.1 Å². The zero-order chi connectivity index (χ0) is 15.9. The first kappa shape index (κ1) is 15.7. The molecule has 1 aliphatic rings. The summed E-state index contributed by atoms with van der Waals surface area (Å²) in [5, 5.41) is 8.87. The summed E-state index contributed by atoms with van der Waals surface area (Å²) >= 11 is 0. The molecule has 4 heteroatoms. The van der Waals surface area contributed by atoms with Crippen molar-refractivity contribution in [1.29, 1.82) is 5.26 Å². The molecule has 0 aliphatic carbocycles. The van der Waals surface area contributed by atoms with Crippen LogP contribution in [0.15, 0.2) is 48.7 Å². The summed E-state index contributed by atoms with van der Waals surface area (Å²) < 4.78 is 0. The zero-order valence-corrected chi connectivity index (χ0v) is 13.4. The van der Waals surface area contributed by atoms with E-state index < -0.39 is 0 Å². The maximum atomic E-state index is 8.87. The molecule has 2 heterocycles. The predicted molar refractivity (Wildman–Crippen MR) is 90.6 cm³/mol. The van der Waals surface area contributed by atoms with E-state index in [0.29, 0.717) is 0 Å². The Bertz CT molecular complexity index is 645. The molecule has 1 fully saturated rings. The van der Waals surface area contributed by atoms with Gasteiger partial charge in [-0.15, -0.1) is 0 Å². The van der Waals surface area contributed by atoms with Crippen LogP contribution < -0.4 is 0 Å². The number of pyridine rings is 1. The Morgan fingerprint density at radius 2 is 1.65 bits per heavy atom. The molecule has 0 bridgehead atoms. The molecule has 0 atom stereocenters. The van der Waals surface area contributed by atoms with Crippen molar-refractivity contribution in [2.24, 2.45) is 0 Å². The van der Waals surface area contributed by atoms with Crippen LogP contribution >= 0.6 is 0 Å². The van der Waals surface area contributed by atoms with E-state index >= 15 is 0 Å². The van der Waals surface area contributed by atoms with Gasteiger partial charge in [-0.3, -0.25) is 14.8 Å². The quantitative estimate of drug-likeness (QED) is 0.871. The van der Waals surface area contributed by atoms with Crippen molar-refractivity contribution in [2.45, 2.75) is 19.5 Å². The average Bonchev–Trinajstić information content (AvgIpc) is 2.82. The van der Waals surface area contributed by atoms with Gasteiger partial charge in [-0.05, 0) is 49.3 Å². The number of aromatic nitrogens is 1. The van der Waals surface area contributed by atoms with Crippen molar-refractivity contribution in [3.05, 3.63) is 65.5 Å². The highest BCUT2D eigenvalue weighted by molar-refractivity contribution is 5.31. The zero-order valence-electron chi connectivity index (χ0n) is 13.4. The molecule has 2 aromatic rings. The van der Waals surface area contributed by atoms with Crippen molar-refractivity contribution in [3.8, 4) is 6.07 Å². The third kappa shape index (κ3) is 4.62. The van der Waals surface area contributed by atoms with E-state index in [1.165, 1.54) is 12.0 Å². The van der Waals surface area contributed by atoms with Gasteiger partial charge < -0.3 is 0 Å². The molecule has 1 aromatic heterocycles. The lowest BCUT2D eigenvalue weighted by Gasteiger charge is -2.21. The summed E-state index contributed by atoms with van der Waals surface area (Å²) in [5.41, 5.74) is 3.15. The van der Waals surface area contributed by atoms with E-state index in [4.69, 9.17) is 5.26 Å². The van der Waals surface area contributed by atoms with E-state index in [1.807, 2.05) is 24.4 Å². The maximum absolute atomic E-state index is 8.87. The second-order valence-electron chi connectivity index (χ2n) is 6.04. The van der Waals surface area contributed by atoms with E-state index in [9.17, 15) is 0 Å². The number of hydrogen-bond acceptors (Lipinski definition) is 4. The summed E-state index contributed by atoms with van der Waals surface area (Å²) in [6.07, 6.45) is 3.05. The minimum Gasteiger partial charge on any atom is -0.298 e. The fourth-order valence-electron chi connectivity index (χ4n) is 3.00. The highest BCUT2D eigenvalue weighted by Crippen LogP contribution is 2.11. The lowest BCUT2D eigenvalue weighted by Crippen LogP contribution is -2.30. The van der Waals surface area contributed by atoms with Crippen LogP contribution in [0.3, 0.4) is 0 Å². The number of nitrogens with zero attached hydrogens (tertiary/aromatic N) is 4. The molecule has 0 N–H and O–H groups in total. The van der Waals surface area contributed by atoms with Gasteiger partial charge in [0.2, 0.25) is 0 Å². The summed E-state index contributed by atoms with van der Waals surface area (Å²) in [6, 6.07) is 16.2. The fourth-order valence-corrected chi connectivity index (χ4v) is 3.00. The molecule has 4 nitrogen and oxygen atoms in total. The van der Waals surface area contributed by atoms with Crippen molar-refractivity contribution >= 4 is 0 Å². The van der Waals surface area contributed by atoms with Gasteiger partial charge in [-0.2, -0.15) is 5.26 Å². The molecule has 3 rings (SSSR count). The van der Waals surface area contributed by atoms with Crippen molar-refractivity contribution < 1.29 is 0 Å². The number of hydrogen-bond donors (Lipinski definition) is 0. The molecule has 0 spiro atoms. The van der Waals surface area contributed by atoms with Gasteiger partial charge in [0.25, 0.3) is 0 Å². The van der Waals surface area contributed by atoms with Gasteiger partial charge in [0.1, 0.15) is 0 Å². The second kappa shape index (κ2) is 7.87. The van der Waals surface area contributed by atoms with Crippen LogP contribution in [0.25, 0.3) is 0 Å². The predicted octanol–water partition coefficient (Wildman–Crippen LogP) is 2.66. The lowest BCUT2D eigenvalue weighted by molar-refractivity contribution is 0.245. The smallest absolute Gasteiger partial charge is 0.0991 e. The maximum Gasteiger partial charge on any atom is 0.0991 e. The van der Waals surface area contributed by atoms with Crippen LogP contribution in [-0.2, 0) is 13.1 Å². The Hall–Kier alpha value is -2.22. The van der Waals surface area contributed by atoms with E-state index in [0.717, 1.165) is 50.5 Å². The van der Waals surface area contributed by atoms with Crippen LogP contribution in [0.1, 0.15) is 23.2 Å². The molecule has 1 saturated heterocycles. The van der Waals surface area contributed by atoms with Crippen LogP contribution in [0.4, 0.5) is 0 Å². The summed E-state index contributed by atoms with van der Waals surface area (Å²) in [6.45, 7) is 6.30. The topological polar surface area (TPSA) is 43.2 Å². The molecule has 1 aliphatic heterocycles. The number of nitriles is 1.